The Morgan fingerprint density at radius 3 is 2.56 bits per heavy atom. The van der Waals surface area contributed by atoms with E-state index in [0.29, 0.717) is 17.9 Å². The zero-order chi connectivity index (χ0) is 13.1. The topological polar surface area (TPSA) is 46.3 Å². The number of nitrogens with two attached hydrogens (primary N) is 1. The van der Waals surface area contributed by atoms with Crippen LogP contribution in [0.1, 0.15) is 58.8 Å². The first-order chi connectivity index (χ1) is 8.59. The second kappa shape index (κ2) is 6.05. The van der Waals surface area contributed by atoms with Crippen molar-refractivity contribution < 1.29 is 4.79 Å². The van der Waals surface area contributed by atoms with Crippen molar-refractivity contribution in [1.82, 2.24) is 4.90 Å². The maximum Gasteiger partial charge on any atom is 0.225 e. The van der Waals surface area contributed by atoms with Crippen LogP contribution in [-0.2, 0) is 4.79 Å². The molecule has 1 saturated carbocycles. The van der Waals surface area contributed by atoms with Crippen LogP contribution in [0.5, 0.6) is 0 Å². The zero-order valence-electron chi connectivity index (χ0n) is 11.9. The standard InChI is InChI=1S/C15H28N2O/c1-11(16)10-14-6-4-3-5-9-17(14)15(18)12(2)13-7-8-13/h11-14H,3-10,16H2,1-2H3. The zero-order valence-corrected chi connectivity index (χ0v) is 11.9. The number of hydrogen-bond acceptors (Lipinski definition) is 2. The van der Waals surface area contributed by atoms with Gasteiger partial charge in [0, 0.05) is 24.5 Å². The molecule has 2 fully saturated rings. The van der Waals surface area contributed by atoms with Crippen LogP contribution < -0.4 is 5.73 Å². The van der Waals surface area contributed by atoms with Crippen molar-refractivity contribution in [2.45, 2.75) is 70.9 Å². The smallest absolute Gasteiger partial charge is 0.225 e. The molecule has 0 bridgehead atoms. The van der Waals surface area contributed by atoms with Gasteiger partial charge in [0.1, 0.15) is 0 Å². The van der Waals surface area contributed by atoms with Gasteiger partial charge in [0.2, 0.25) is 5.91 Å². The number of hydrogen-bond donors (Lipinski definition) is 1. The van der Waals surface area contributed by atoms with Gasteiger partial charge in [-0.1, -0.05) is 19.8 Å². The van der Waals surface area contributed by atoms with Gasteiger partial charge in [-0.3, -0.25) is 4.79 Å². The first-order valence-corrected chi connectivity index (χ1v) is 7.65. The number of rotatable bonds is 4. The minimum atomic E-state index is 0.194. The molecule has 3 atom stereocenters. The molecular weight excluding hydrogens is 224 g/mol. The van der Waals surface area contributed by atoms with Crippen LogP contribution in [0.25, 0.3) is 0 Å². The molecule has 3 nitrogen and oxygen atoms in total. The lowest BCUT2D eigenvalue weighted by atomic mass is 9.99. The molecule has 3 heteroatoms. The predicted molar refractivity (Wildman–Crippen MR) is 74.1 cm³/mol. The van der Waals surface area contributed by atoms with Crippen LogP contribution in [0.15, 0.2) is 0 Å². The predicted octanol–water partition coefficient (Wildman–Crippen LogP) is 2.54. The second-order valence-electron chi connectivity index (χ2n) is 6.37. The van der Waals surface area contributed by atoms with Crippen molar-refractivity contribution in [3.8, 4) is 0 Å². The van der Waals surface area contributed by atoms with Crippen molar-refractivity contribution in [1.29, 1.82) is 0 Å². The summed E-state index contributed by atoms with van der Waals surface area (Å²) in [4.78, 5) is 14.8. The number of carbonyl (C=O) groups is 1. The molecule has 2 aliphatic rings. The van der Waals surface area contributed by atoms with E-state index in [-0.39, 0.29) is 12.0 Å². The molecule has 1 aliphatic heterocycles. The number of nitrogens with zero attached hydrogens (tertiary/aromatic N) is 1. The average Bonchev–Trinajstić information content (AvgIpc) is 3.13. The summed E-state index contributed by atoms with van der Waals surface area (Å²) in [7, 11) is 0. The molecule has 18 heavy (non-hydrogen) atoms. The fourth-order valence-corrected chi connectivity index (χ4v) is 3.20. The summed E-state index contributed by atoms with van der Waals surface area (Å²) < 4.78 is 0. The van der Waals surface area contributed by atoms with E-state index >= 15 is 0 Å². The second-order valence-corrected chi connectivity index (χ2v) is 6.37. The van der Waals surface area contributed by atoms with Crippen molar-refractivity contribution >= 4 is 5.91 Å². The quantitative estimate of drug-likeness (QED) is 0.835. The van der Waals surface area contributed by atoms with E-state index in [4.69, 9.17) is 5.73 Å². The summed E-state index contributed by atoms with van der Waals surface area (Å²) in [5.41, 5.74) is 5.95. The highest BCUT2D eigenvalue weighted by Crippen LogP contribution is 2.38. The third kappa shape index (κ3) is 3.47. The molecule has 0 aromatic rings. The van der Waals surface area contributed by atoms with E-state index in [9.17, 15) is 4.79 Å². The molecule has 1 aliphatic carbocycles. The van der Waals surface area contributed by atoms with E-state index in [0.717, 1.165) is 19.4 Å². The first kappa shape index (κ1) is 13.9. The molecule has 1 heterocycles. The molecule has 3 unspecified atom stereocenters. The van der Waals surface area contributed by atoms with E-state index in [2.05, 4.69) is 18.7 Å². The number of carbonyl (C=O) groups excluding carboxylic acids is 1. The Morgan fingerprint density at radius 1 is 1.22 bits per heavy atom. The summed E-state index contributed by atoms with van der Waals surface area (Å²) in [6.07, 6.45) is 8.28. The highest BCUT2D eigenvalue weighted by atomic mass is 16.2. The fraction of sp³-hybridized carbons (Fsp3) is 0.933. The largest absolute Gasteiger partial charge is 0.339 e. The summed E-state index contributed by atoms with van der Waals surface area (Å²) in [5.74, 6) is 1.29. The van der Waals surface area contributed by atoms with Crippen LogP contribution in [0, 0.1) is 11.8 Å². The summed E-state index contributed by atoms with van der Waals surface area (Å²) in [6, 6.07) is 0.584. The van der Waals surface area contributed by atoms with Gasteiger partial charge in [-0.2, -0.15) is 0 Å². The third-order valence-corrected chi connectivity index (χ3v) is 4.52. The monoisotopic (exact) mass is 252 g/mol. The Morgan fingerprint density at radius 2 is 1.94 bits per heavy atom. The lowest BCUT2D eigenvalue weighted by molar-refractivity contribution is -0.138. The SMILES string of the molecule is CC(N)CC1CCCCCN1C(=O)C(C)C1CC1. The minimum Gasteiger partial charge on any atom is -0.339 e. The molecule has 2 rings (SSSR count). The molecule has 0 radical (unpaired) electrons. The Hall–Kier alpha value is -0.570. The minimum absolute atomic E-state index is 0.194. The Labute approximate surface area is 111 Å². The molecular formula is C15H28N2O. The first-order valence-electron chi connectivity index (χ1n) is 7.65. The van der Waals surface area contributed by atoms with E-state index in [1.165, 1.54) is 32.1 Å². The van der Waals surface area contributed by atoms with Gasteiger partial charge in [-0.15, -0.1) is 0 Å². The fourth-order valence-electron chi connectivity index (χ4n) is 3.20. The lowest BCUT2D eigenvalue weighted by Gasteiger charge is -2.33. The average molecular weight is 252 g/mol. The van der Waals surface area contributed by atoms with E-state index < -0.39 is 0 Å². The van der Waals surface area contributed by atoms with Crippen LogP contribution in [0.3, 0.4) is 0 Å². The maximum atomic E-state index is 12.6. The van der Waals surface area contributed by atoms with Crippen LogP contribution >= 0.6 is 0 Å². The number of likely N-dealkylation sites (tertiary alicyclic amines) is 1. The van der Waals surface area contributed by atoms with Crippen LogP contribution in [0.2, 0.25) is 0 Å². The lowest BCUT2D eigenvalue weighted by Crippen LogP contribution is -2.45. The van der Waals surface area contributed by atoms with Crippen LogP contribution in [0.4, 0.5) is 0 Å². The number of amides is 1. The summed E-state index contributed by atoms with van der Waals surface area (Å²) >= 11 is 0. The Balaban J connectivity index is 2.01. The third-order valence-electron chi connectivity index (χ3n) is 4.52. The molecule has 104 valence electrons. The van der Waals surface area contributed by atoms with Gasteiger partial charge in [-0.05, 0) is 44.9 Å². The summed E-state index contributed by atoms with van der Waals surface area (Å²) in [5, 5.41) is 0. The van der Waals surface area contributed by atoms with Crippen molar-refractivity contribution in [2.75, 3.05) is 6.54 Å². The molecule has 0 spiro atoms. The van der Waals surface area contributed by atoms with Crippen molar-refractivity contribution in [3.05, 3.63) is 0 Å². The normalized spacial score (nSPS) is 28.6. The maximum absolute atomic E-state index is 12.6. The summed E-state index contributed by atoms with van der Waals surface area (Å²) in [6.45, 7) is 5.12. The van der Waals surface area contributed by atoms with Crippen molar-refractivity contribution in [3.63, 3.8) is 0 Å². The van der Waals surface area contributed by atoms with Crippen molar-refractivity contribution in [2.24, 2.45) is 17.6 Å². The van der Waals surface area contributed by atoms with Gasteiger partial charge in [0.15, 0.2) is 0 Å². The molecule has 2 N–H and O–H groups in total. The van der Waals surface area contributed by atoms with Gasteiger partial charge < -0.3 is 10.6 Å². The van der Waals surface area contributed by atoms with Gasteiger partial charge in [-0.25, -0.2) is 0 Å². The molecule has 1 saturated heterocycles. The highest BCUT2D eigenvalue weighted by Gasteiger charge is 2.37. The Kier molecular flexibility index (Phi) is 4.66. The van der Waals surface area contributed by atoms with Gasteiger partial charge in [0.25, 0.3) is 0 Å². The molecule has 0 aromatic heterocycles. The molecule has 0 aromatic carbocycles. The highest BCUT2D eigenvalue weighted by molar-refractivity contribution is 5.79. The van der Waals surface area contributed by atoms with Crippen LogP contribution in [-0.4, -0.2) is 29.4 Å². The van der Waals surface area contributed by atoms with Gasteiger partial charge >= 0.3 is 0 Å². The van der Waals surface area contributed by atoms with Gasteiger partial charge in [0.05, 0.1) is 0 Å². The Bertz CT molecular complexity index is 286. The van der Waals surface area contributed by atoms with E-state index in [1.807, 2.05) is 0 Å². The molecule has 1 amide bonds. The van der Waals surface area contributed by atoms with E-state index in [1.54, 1.807) is 0 Å².